The van der Waals surface area contributed by atoms with Gasteiger partial charge in [-0.1, -0.05) is 42.5 Å². The summed E-state index contributed by atoms with van der Waals surface area (Å²) in [5.74, 6) is 0.697. The lowest BCUT2D eigenvalue weighted by Gasteiger charge is -2.18. The molecule has 1 aliphatic rings. The van der Waals surface area contributed by atoms with Crippen LogP contribution in [0.4, 0.5) is 5.82 Å². The van der Waals surface area contributed by atoms with E-state index in [0.717, 1.165) is 35.2 Å². The molecule has 1 amide bonds. The highest BCUT2D eigenvalue weighted by Crippen LogP contribution is 2.28. The molecule has 0 saturated carbocycles. The van der Waals surface area contributed by atoms with Crippen molar-refractivity contribution in [2.75, 3.05) is 11.6 Å². The summed E-state index contributed by atoms with van der Waals surface area (Å²) < 4.78 is 0. The molecule has 4 nitrogen and oxygen atoms in total. The van der Waals surface area contributed by atoms with Crippen LogP contribution >= 0.6 is 0 Å². The number of fused-ring (bicyclic) bond motifs is 2. The number of hydrazine groups is 1. The summed E-state index contributed by atoms with van der Waals surface area (Å²) in [5.41, 5.74) is 7.24. The molecule has 0 bridgehead atoms. The highest BCUT2D eigenvalue weighted by molar-refractivity contribution is 5.93. The average Bonchev–Trinajstić information content (AvgIpc) is 3.01. The molecule has 0 radical (unpaired) electrons. The molecule has 4 rings (SSSR count). The Morgan fingerprint density at radius 2 is 2.00 bits per heavy atom. The van der Waals surface area contributed by atoms with Crippen molar-refractivity contribution in [1.29, 1.82) is 0 Å². The first-order valence-electron chi connectivity index (χ1n) is 8.41. The summed E-state index contributed by atoms with van der Waals surface area (Å²) in [7, 11) is 0. The van der Waals surface area contributed by atoms with Crippen molar-refractivity contribution in [1.82, 2.24) is 10.4 Å². The number of carbonyl (C=O) groups excluding carboxylic acids is 1. The van der Waals surface area contributed by atoms with Gasteiger partial charge in [0.15, 0.2) is 5.82 Å². The SMILES string of the molecule is Cc1ccc2cc3c(nc2c1)N(NC(=O)C=Cc1ccccc1)CC3. The first-order valence-corrected chi connectivity index (χ1v) is 8.41. The summed E-state index contributed by atoms with van der Waals surface area (Å²) in [6, 6.07) is 18.2. The fourth-order valence-electron chi connectivity index (χ4n) is 3.08. The van der Waals surface area contributed by atoms with Crippen molar-refractivity contribution in [3.05, 3.63) is 77.4 Å². The molecular formula is C21H19N3O. The van der Waals surface area contributed by atoms with Gasteiger partial charge in [-0.2, -0.15) is 0 Å². The van der Waals surface area contributed by atoms with Crippen LogP contribution in [0, 0.1) is 6.92 Å². The van der Waals surface area contributed by atoms with Crippen LogP contribution in [0.25, 0.3) is 17.0 Å². The molecule has 1 aromatic heterocycles. The summed E-state index contributed by atoms with van der Waals surface area (Å²) in [6.45, 7) is 2.80. The molecule has 25 heavy (non-hydrogen) atoms. The Bertz CT molecular complexity index is 964. The van der Waals surface area contributed by atoms with Gasteiger partial charge in [-0.15, -0.1) is 0 Å². The molecule has 0 spiro atoms. The minimum Gasteiger partial charge on any atom is -0.268 e. The van der Waals surface area contributed by atoms with E-state index in [9.17, 15) is 4.79 Å². The molecule has 0 atom stereocenters. The quantitative estimate of drug-likeness (QED) is 0.746. The van der Waals surface area contributed by atoms with Crippen LogP contribution in [0.1, 0.15) is 16.7 Å². The maximum absolute atomic E-state index is 12.2. The number of anilines is 1. The number of nitrogens with zero attached hydrogens (tertiary/aromatic N) is 2. The van der Waals surface area contributed by atoms with Gasteiger partial charge in [0.05, 0.1) is 5.52 Å². The third kappa shape index (κ3) is 3.24. The molecule has 0 aliphatic carbocycles. The maximum atomic E-state index is 12.2. The zero-order valence-electron chi connectivity index (χ0n) is 14.1. The van der Waals surface area contributed by atoms with Gasteiger partial charge < -0.3 is 0 Å². The fourth-order valence-corrected chi connectivity index (χ4v) is 3.08. The first kappa shape index (κ1) is 15.4. The summed E-state index contributed by atoms with van der Waals surface area (Å²) >= 11 is 0. The summed E-state index contributed by atoms with van der Waals surface area (Å²) in [4.78, 5) is 17.0. The Morgan fingerprint density at radius 3 is 2.84 bits per heavy atom. The second kappa shape index (κ2) is 6.40. The Morgan fingerprint density at radius 1 is 1.16 bits per heavy atom. The number of benzene rings is 2. The standard InChI is InChI=1S/C21H19N3O/c1-15-7-9-17-14-18-11-12-24(21(18)22-19(17)13-15)23-20(25)10-8-16-5-3-2-4-6-16/h2-10,13-14H,11-12H2,1H3,(H,23,25). The van der Waals surface area contributed by atoms with Crippen molar-refractivity contribution in [3.63, 3.8) is 0 Å². The topological polar surface area (TPSA) is 45.2 Å². The largest absolute Gasteiger partial charge is 0.268 e. The molecule has 1 aliphatic heterocycles. The number of aromatic nitrogens is 1. The highest BCUT2D eigenvalue weighted by atomic mass is 16.2. The zero-order valence-corrected chi connectivity index (χ0v) is 14.1. The predicted octanol–water partition coefficient (Wildman–Crippen LogP) is 3.65. The number of amides is 1. The third-order valence-corrected chi connectivity index (χ3v) is 4.36. The molecule has 0 fully saturated rings. The maximum Gasteiger partial charge on any atom is 0.262 e. The normalized spacial score (nSPS) is 13.4. The van der Waals surface area contributed by atoms with E-state index in [1.807, 2.05) is 41.4 Å². The van der Waals surface area contributed by atoms with Crippen LogP contribution in [0.15, 0.2) is 60.7 Å². The average molecular weight is 329 g/mol. The monoisotopic (exact) mass is 329 g/mol. The van der Waals surface area contributed by atoms with Gasteiger partial charge in [0.2, 0.25) is 0 Å². The van der Waals surface area contributed by atoms with E-state index in [1.54, 1.807) is 6.08 Å². The van der Waals surface area contributed by atoms with E-state index in [0.29, 0.717) is 0 Å². The number of nitrogens with one attached hydrogen (secondary N) is 1. The van der Waals surface area contributed by atoms with E-state index in [1.165, 1.54) is 11.1 Å². The lowest BCUT2D eigenvalue weighted by molar-refractivity contribution is -0.116. The first-order chi connectivity index (χ1) is 12.2. The van der Waals surface area contributed by atoms with Gasteiger partial charge in [-0.3, -0.25) is 15.2 Å². The molecule has 2 heterocycles. The van der Waals surface area contributed by atoms with Crippen molar-refractivity contribution in [3.8, 4) is 0 Å². The minimum absolute atomic E-state index is 0.150. The molecule has 1 N–H and O–H groups in total. The molecule has 124 valence electrons. The van der Waals surface area contributed by atoms with Crippen LogP contribution in [0.5, 0.6) is 0 Å². The lowest BCUT2D eigenvalue weighted by Crippen LogP contribution is -2.40. The van der Waals surface area contributed by atoms with Crippen LogP contribution in [-0.2, 0) is 11.2 Å². The van der Waals surface area contributed by atoms with Gasteiger partial charge in [-0.25, -0.2) is 4.98 Å². The van der Waals surface area contributed by atoms with Crippen LogP contribution in [0.2, 0.25) is 0 Å². The zero-order chi connectivity index (χ0) is 17.2. The molecule has 4 heteroatoms. The Hall–Kier alpha value is -3.14. The molecule has 3 aromatic rings. The highest BCUT2D eigenvalue weighted by Gasteiger charge is 2.22. The molecular weight excluding hydrogens is 310 g/mol. The Kier molecular flexibility index (Phi) is 3.94. The number of hydrogen-bond donors (Lipinski definition) is 1. The van der Waals surface area contributed by atoms with Crippen LogP contribution < -0.4 is 10.4 Å². The lowest BCUT2D eigenvalue weighted by atomic mass is 10.1. The Labute approximate surface area is 146 Å². The van der Waals surface area contributed by atoms with Gasteiger partial charge in [0, 0.05) is 18.0 Å². The van der Waals surface area contributed by atoms with Crippen molar-refractivity contribution in [2.45, 2.75) is 13.3 Å². The van der Waals surface area contributed by atoms with E-state index >= 15 is 0 Å². The van der Waals surface area contributed by atoms with E-state index < -0.39 is 0 Å². The minimum atomic E-state index is -0.150. The van der Waals surface area contributed by atoms with Crippen molar-refractivity contribution >= 4 is 28.7 Å². The van der Waals surface area contributed by atoms with E-state index in [-0.39, 0.29) is 5.91 Å². The molecule has 0 saturated heterocycles. The summed E-state index contributed by atoms with van der Waals surface area (Å²) in [6.07, 6.45) is 4.25. The van der Waals surface area contributed by atoms with Gasteiger partial charge in [0.25, 0.3) is 5.91 Å². The number of rotatable bonds is 3. The number of pyridine rings is 1. The Balaban J connectivity index is 1.54. The van der Waals surface area contributed by atoms with Crippen LogP contribution in [0.3, 0.4) is 0 Å². The predicted molar refractivity (Wildman–Crippen MR) is 101 cm³/mol. The third-order valence-electron chi connectivity index (χ3n) is 4.36. The van der Waals surface area contributed by atoms with Gasteiger partial charge in [-0.05, 0) is 48.2 Å². The number of hydrogen-bond acceptors (Lipinski definition) is 3. The number of carbonyl (C=O) groups is 1. The summed E-state index contributed by atoms with van der Waals surface area (Å²) in [5, 5.41) is 2.98. The fraction of sp³-hybridized carbons (Fsp3) is 0.143. The van der Waals surface area contributed by atoms with Crippen molar-refractivity contribution < 1.29 is 4.79 Å². The van der Waals surface area contributed by atoms with E-state index in [2.05, 4.69) is 36.6 Å². The van der Waals surface area contributed by atoms with Gasteiger partial charge >= 0.3 is 0 Å². The van der Waals surface area contributed by atoms with Crippen LogP contribution in [-0.4, -0.2) is 17.4 Å². The second-order valence-electron chi connectivity index (χ2n) is 6.29. The van der Waals surface area contributed by atoms with Crippen molar-refractivity contribution in [2.24, 2.45) is 0 Å². The van der Waals surface area contributed by atoms with Gasteiger partial charge in [0.1, 0.15) is 0 Å². The molecule has 2 aromatic carbocycles. The smallest absolute Gasteiger partial charge is 0.262 e. The number of aryl methyl sites for hydroxylation is 1. The molecule has 0 unspecified atom stereocenters. The second-order valence-corrected chi connectivity index (χ2v) is 6.29. The van der Waals surface area contributed by atoms with E-state index in [4.69, 9.17) is 4.98 Å².